The van der Waals surface area contributed by atoms with Crippen molar-refractivity contribution in [3.05, 3.63) is 21.4 Å². The van der Waals surface area contributed by atoms with Crippen molar-refractivity contribution in [1.29, 1.82) is 0 Å². The van der Waals surface area contributed by atoms with E-state index >= 15 is 0 Å². The van der Waals surface area contributed by atoms with Gasteiger partial charge in [0.25, 0.3) is 5.91 Å². The third kappa shape index (κ3) is 2.60. The van der Waals surface area contributed by atoms with Crippen LogP contribution in [0.25, 0.3) is 0 Å². The van der Waals surface area contributed by atoms with Crippen LogP contribution < -0.4 is 5.32 Å². The Morgan fingerprint density at radius 2 is 2.15 bits per heavy atom. The predicted octanol–water partition coefficient (Wildman–Crippen LogP) is 1.50. The predicted molar refractivity (Wildman–Crippen MR) is 76.7 cm³/mol. The van der Waals surface area contributed by atoms with E-state index < -0.39 is 11.9 Å². The Morgan fingerprint density at radius 3 is 2.70 bits per heavy atom. The molecule has 5 nitrogen and oxygen atoms in total. The Morgan fingerprint density at radius 1 is 1.45 bits per heavy atom. The second kappa shape index (κ2) is 5.75. The van der Waals surface area contributed by atoms with E-state index in [0.29, 0.717) is 11.3 Å². The molecular formula is C14H18N2O3S. The van der Waals surface area contributed by atoms with Crippen LogP contribution in [0.4, 0.5) is 0 Å². The molecule has 0 aromatic carbocycles. The summed E-state index contributed by atoms with van der Waals surface area (Å²) >= 11 is 1.44. The van der Waals surface area contributed by atoms with Crippen LogP contribution in [0.2, 0.25) is 0 Å². The molecule has 0 aliphatic carbocycles. The molecule has 1 aromatic rings. The van der Waals surface area contributed by atoms with Crippen LogP contribution in [-0.2, 0) is 16.0 Å². The van der Waals surface area contributed by atoms with Gasteiger partial charge in [-0.15, -0.1) is 11.3 Å². The molecular weight excluding hydrogens is 276 g/mol. The number of hydrogen-bond acceptors (Lipinski definition) is 4. The van der Waals surface area contributed by atoms with E-state index in [-0.39, 0.29) is 18.4 Å². The summed E-state index contributed by atoms with van der Waals surface area (Å²) in [4.78, 5) is 39.0. The Balaban J connectivity index is 2.29. The van der Waals surface area contributed by atoms with E-state index in [2.05, 4.69) is 5.32 Å². The first-order valence-corrected chi connectivity index (χ1v) is 7.53. The summed E-state index contributed by atoms with van der Waals surface area (Å²) < 4.78 is 0. The van der Waals surface area contributed by atoms with Crippen molar-refractivity contribution in [2.75, 3.05) is 6.54 Å². The largest absolute Gasteiger partial charge is 0.317 e. The van der Waals surface area contributed by atoms with Crippen LogP contribution in [-0.4, -0.2) is 35.2 Å². The lowest BCUT2D eigenvalue weighted by atomic mass is 10.1. The molecule has 2 heterocycles. The van der Waals surface area contributed by atoms with E-state index in [4.69, 9.17) is 0 Å². The van der Waals surface area contributed by atoms with Gasteiger partial charge in [-0.2, -0.15) is 0 Å². The van der Waals surface area contributed by atoms with E-state index in [1.165, 1.54) is 16.2 Å². The molecule has 6 heteroatoms. The van der Waals surface area contributed by atoms with Gasteiger partial charge in [0.2, 0.25) is 11.8 Å². The van der Waals surface area contributed by atoms with Crippen molar-refractivity contribution in [2.24, 2.45) is 0 Å². The number of thiophene rings is 1. The first-order chi connectivity index (χ1) is 9.47. The van der Waals surface area contributed by atoms with E-state index in [0.717, 1.165) is 16.9 Å². The number of carbonyl (C=O) groups is 3. The van der Waals surface area contributed by atoms with Gasteiger partial charge in [-0.05, 0) is 31.4 Å². The molecule has 2 rings (SSSR count). The summed E-state index contributed by atoms with van der Waals surface area (Å²) in [5, 5.41) is 2.28. The van der Waals surface area contributed by atoms with E-state index in [1.807, 2.05) is 26.8 Å². The molecule has 108 valence electrons. The molecule has 1 atom stereocenters. The molecule has 3 amide bonds. The summed E-state index contributed by atoms with van der Waals surface area (Å²) in [5.74, 6) is -1.04. The highest BCUT2D eigenvalue weighted by Gasteiger charge is 2.36. The van der Waals surface area contributed by atoms with Crippen molar-refractivity contribution in [3.63, 3.8) is 0 Å². The lowest BCUT2D eigenvalue weighted by Gasteiger charge is -2.33. The molecule has 0 bridgehead atoms. The SMILES string of the molecule is CCc1sc(C(=O)N2CC(=O)NC(=O)C2CC)cc1C. The fraction of sp³-hybridized carbons (Fsp3) is 0.500. The van der Waals surface area contributed by atoms with Gasteiger partial charge < -0.3 is 4.90 Å². The van der Waals surface area contributed by atoms with Crippen molar-refractivity contribution in [2.45, 2.75) is 39.7 Å². The zero-order chi connectivity index (χ0) is 14.9. The van der Waals surface area contributed by atoms with Crippen molar-refractivity contribution < 1.29 is 14.4 Å². The number of nitrogens with one attached hydrogen (secondary N) is 1. The number of amides is 3. The number of hydrogen-bond donors (Lipinski definition) is 1. The third-order valence-electron chi connectivity index (χ3n) is 3.46. The first kappa shape index (κ1) is 14.7. The highest BCUT2D eigenvalue weighted by molar-refractivity contribution is 7.14. The Labute approximate surface area is 122 Å². The fourth-order valence-electron chi connectivity index (χ4n) is 2.40. The number of rotatable bonds is 3. The van der Waals surface area contributed by atoms with Gasteiger partial charge in [0.15, 0.2) is 0 Å². The quantitative estimate of drug-likeness (QED) is 0.859. The lowest BCUT2D eigenvalue weighted by Crippen LogP contribution is -2.59. The Bertz CT molecular complexity index is 565. The maximum atomic E-state index is 12.5. The van der Waals surface area contributed by atoms with E-state index in [9.17, 15) is 14.4 Å². The molecule has 1 aliphatic rings. The van der Waals surface area contributed by atoms with Crippen molar-refractivity contribution in [1.82, 2.24) is 10.2 Å². The molecule has 0 radical (unpaired) electrons. The molecule has 1 unspecified atom stereocenters. The van der Waals surface area contributed by atoms with Crippen LogP contribution in [0.1, 0.15) is 40.4 Å². The van der Waals surface area contributed by atoms with Crippen LogP contribution in [0.15, 0.2) is 6.07 Å². The highest BCUT2D eigenvalue weighted by atomic mass is 32.1. The maximum Gasteiger partial charge on any atom is 0.265 e. The average molecular weight is 294 g/mol. The van der Waals surface area contributed by atoms with Gasteiger partial charge in [0.05, 0.1) is 4.88 Å². The molecule has 20 heavy (non-hydrogen) atoms. The normalized spacial score (nSPS) is 19.1. The van der Waals surface area contributed by atoms with Crippen LogP contribution in [0.3, 0.4) is 0 Å². The number of imide groups is 1. The summed E-state index contributed by atoms with van der Waals surface area (Å²) in [7, 11) is 0. The summed E-state index contributed by atoms with van der Waals surface area (Å²) in [5.41, 5.74) is 1.08. The van der Waals surface area contributed by atoms with Crippen molar-refractivity contribution in [3.8, 4) is 0 Å². The highest BCUT2D eigenvalue weighted by Crippen LogP contribution is 2.25. The first-order valence-electron chi connectivity index (χ1n) is 6.71. The Kier molecular flexibility index (Phi) is 4.23. The summed E-state index contributed by atoms with van der Waals surface area (Å²) in [6.45, 7) is 5.79. The number of carbonyl (C=O) groups excluding carboxylic acids is 3. The smallest absolute Gasteiger partial charge is 0.265 e. The molecule has 1 aliphatic heterocycles. The number of nitrogens with zero attached hydrogens (tertiary/aromatic N) is 1. The van der Waals surface area contributed by atoms with E-state index in [1.54, 1.807) is 0 Å². The molecule has 1 N–H and O–H groups in total. The monoisotopic (exact) mass is 294 g/mol. The van der Waals surface area contributed by atoms with Crippen LogP contribution in [0.5, 0.6) is 0 Å². The van der Waals surface area contributed by atoms with Gasteiger partial charge in [-0.25, -0.2) is 0 Å². The average Bonchev–Trinajstić information content (AvgIpc) is 2.78. The number of piperazine rings is 1. The maximum absolute atomic E-state index is 12.5. The van der Waals surface area contributed by atoms with Gasteiger partial charge in [0.1, 0.15) is 12.6 Å². The minimum absolute atomic E-state index is 0.0541. The fourth-order valence-corrected chi connectivity index (χ4v) is 3.47. The summed E-state index contributed by atoms with van der Waals surface area (Å²) in [6.07, 6.45) is 1.37. The second-order valence-corrected chi connectivity index (χ2v) is 5.98. The minimum Gasteiger partial charge on any atom is -0.317 e. The van der Waals surface area contributed by atoms with Gasteiger partial charge in [-0.3, -0.25) is 19.7 Å². The van der Waals surface area contributed by atoms with Crippen molar-refractivity contribution >= 4 is 29.1 Å². The van der Waals surface area contributed by atoms with Gasteiger partial charge in [-0.1, -0.05) is 13.8 Å². The molecule has 1 fully saturated rings. The second-order valence-electron chi connectivity index (χ2n) is 4.84. The Hall–Kier alpha value is -1.69. The minimum atomic E-state index is -0.562. The molecule has 1 aromatic heterocycles. The third-order valence-corrected chi connectivity index (χ3v) is 4.82. The lowest BCUT2D eigenvalue weighted by molar-refractivity contribution is -0.138. The van der Waals surface area contributed by atoms with Gasteiger partial charge in [0, 0.05) is 4.88 Å². The standard InChI is InChI=1S/C14H18N2O3S/c1-4-9-13(18)15-12(17)7-16(9)14(19)11-6-8(3)10(5-2)20-11/h6,9H,4-5,7H2,1-3H3,(H,15,17,18). The topological polar surface area (TPSA) is 66.5 Å². The molecule has 1 saturated heterocycles. The van der Waals surface area contributed by atoms with Gasteiger partial charge >= 0.3 is 0 Å². The zero-order valence-electron chi connectivity index (χ0n) is 11.9. The van der Waals surface area contributed by atoms with Crippen LogP contribution >= 0.6 is 11.3 Å². The van der Waals surface area contributed by atoms with Crippen LogP contribution in [0, 0.1) is 6.92 Å². The number of aryl methyl sites for hydroxylation is 2. The molecule has 0 spiro atoms. The zero-order valence-corrected chi connectivity index (χ0v) is 12.7. The molecule has 0 saturated carbocycles. The summed E-state index contributed by atoms with van der Waals surface area (Å²) in [6, 6.07) is 1.28.